The van der Waals surface area contributed by atoms with Gasteiger partial charge in [0.1, 0.15) is 12.4 Å². The fraction of sp³-hybridized carbons (Fsp3) is 0.694. The van der Waals surface area contributed by atoms with E-state index in [0.717, 1.165) is 106 Å². The summed E-state index contributed by atoms with van der Waals surface area (Å²) in [5.41, 5.74) is 3.16. The molecular formula is C111H173N5O18. The molecule has 2 heterocycles. The molecule has 23 heteroatoms. The molecule has 0 radical (unpaired) electrons. The Kier molecular flexibility index (Phi) is 50.3. The summed E-state index contributed by atoms with van der Waals surface area (Å²) < 4.78 is 39.9. The third kappa shape index (κ3) is 47.4. The third-order valence-corrected chi connectivity index (χ3v) is 25.6. The van der Waals surface area contributed by atoms with Crippen LogP contribution < -0.4 is 16.0 Å². The number of Topliss-reactive ketones (excluding diaryl/α,β-unsaturated/α-hetero) is 5. The van der Waals surface area contributed by atoms with E-state index in [1.807, 2.05) is 170 Å². The molecule has 4 N–H and O–H groups in total. The first kappa shape index (κ1) is 115. The highest BCUT2D eigenvalue weighted by Crippen LogP contribution is 2.40. The van der Waals surface area contributed by atoms with Crippen LogP contribution in [0.4, 0.5) is 9.59 Å². The van der Waals surface area contributed by atoms with E-state index in [2.05, 4.69) is 92.1 Å². The molecule has 2 aliphatic heterocycles. The van der Waals surface area contributed by atoms with Crippen LogP contribution in [0.3, 0.4) is 0 Å². The highest BCUT2D eigenvalue weighted by atomic mass is 16.6. The number of hydrogen-bond donors (Lipinski definition) is 4. The monoisotopic (exact) mass is 1860 g/mol. The van der Waals surface area contributed by atoms with Gasteiger partial charge in [0, 0.05) is 75.2 Å². The molecule has 134 heavy (non-hydrogen) atoms. The van der Waals surface area contributed by atoms with Crippen LogP contribution in [-0.2, 0) is 97.9 Å². The number of esters is 1. The van der Waals surface area contributed by atoms with Gasteiger partial charge in [-0.1, -0.05) is 328 Å². The first-order chi connectivity index (χ1) is 63.3. The topological polar surface area (TPSA) is 298 Å². The van der Waals surface area contributed by atoms with E-state index in [4.69, 9.17) is 33.2 Å². The molecule has 5 aliphatic rings. The molecule has 5 amide bonds. The van der Waals surface area contributed by atoms with Gasteiger partial charge in [0.05, 0.1) is 103 Å². The Labute approximate surface area is 805 Å². The summed E-state index contributed by atoms with van der Waals surface area (Å²) >= 11 is 0. The van der Waals surface area contributed by atoms with Gasteiger partial charge in [0.25, 0.3) is 5.91 Å². The second-order valence-corrected chi connectivity index (χ2v) is 45.0. The zero-order valence-corrected chi connectivity index (χ0v) is 85.3. The maximum Gasteiger partial charge on any atom is 0.318 e. The van der Waals surface area contributed by atoms with Crippen LogP contribution in [0.2, 0.25) is 0 Å². The molecule has 750 valence electrons. The standard InChI is InChI=1S/C35H56N2O6.C35H54N2O6.C30H49NO4.C11H14O2/c2*1-34(2,3)25-35(4,5)22-31(39)32(40)28(24-43-23-27-14-10-7-11-15-27)21-30(38)29(20-26-12-8-6-9-13-26)36-33(41)37-16-18-42-19-17-37;1-22(18-24-14-10-8-11-15-24)28(33)35-26(27(32)31-30(6,7)21-29(3,4)5)23(2)19-34-20-25-16-12-9-13-17-25;1-10(7-12)8-13-9-11-5-3-2-4-6-11/h7,10-11,14-15,26,28-29,32,40H,6,8-9,12-13,16-25H2,1-5H3,(H,36,41);7,10-11,14-15,26,28-29H,6,8-9,12-13,16-25H2,1-5H3,(H,36,41);9,12-13,16-17,22-24,26H,8,10-11,14-15,18-21H2,1-7H3,(H,31,32);2-7,10H,8-9H2,1H3/t28-,29-,32?;28-,29-;22-,23-,26?;10-/m0001/s1. The largest absolute Gasteiger partial charge is 0.452 e. The fourth-order valence-corrected chi connectivity index (χ4v) is 20.2. The number of amides is 5. The minimum absolute atomic E-state index is 0.00597. The molecule has 9 rings (SSSR count). The Morgan fingerprint density at radius 2 is 0.799 bits per heavy atom. The summed E-state index contributed by atoms with van der Waals surface area (Å²) in [5, 5.41) is 20.6. The second kappa shape index (κ2) is 58.7. The number of urea groups is 2. The highest BCUT2D eigenvalue weighted by molar-refractivity contribution is 6.38. The average molecular weight is 1870 g/mol. The molecule has 2 unspecified atom stereocenters. The molecule has 3 aliphatic carbocycles. The lowest BCUT2D eigenvalue weighted by molar-refractivity contribution is -0.165. The van der Waals surface area contributed by atoms with Crippen LogP contribution in [0, 0.1) is 74.4 Å². The van der Waals surface area contributed by atoms with Gasteiger partial charge in [-0.05, 0) is 119 Å². The van der Waals surface area contributed by atoms with E-state index in [-0.39, 0.29) is 132 Å². The molecule has 4 aromatic rings. The molecular weight excluding hydrogens is 1690 g/mol. The first-order valence-corrected chi connectivity index (χ1v) is 50.4. The van der Waals surface area contributed by atoms with E-state index >= 15 is 0 Å². The van der Waals surface area contributed by atoms with Crippen molar-refractivity contribution in [3.63, 3.8) is 0 Å². The molecule has 2 saturated heterocycles. The number of nitrogens with one attached hydrogen (secondary N) is 3. The predicted molar refractivity (Wildman–Crippen MR) is 529 cm³/mol. The number of hydrogen-bond acceptors (Lipinski definition) is 18. The Hall–Kier alpha value is -7.90. The van der Waals surface area contributed by atoms with Gasteiger partial charge in [-0.2, -0.15) is 0 Å². The third-order valence-electron chi connectivity index (χ3n) is 25.6. The minimum atomic E-state index is -1.33. The second-order valence-electron chi connectivity index (χ2n) is 45.0. The fourth-order valence-electron chi connectivity index (χ4n) is 20.2. The number of morpholine rings is 2. The van der Waals surface area contributed by atoms with E-state index < -0.39 is 53.2 Å². The van der Waals surface area contributed by atoms with Crippen molar-refractivity contribution in [1.29, 1.82) is 0 Å². The van der Waals surface area contributed by atoms with Gasteiger partial charge in [0.2, 0.25) is 5.78 Å². The summed E-state index contributed by atoms with van der Waals surface area (Å²) in [6.45, 7) is 43.5. The minimum Gasteiger partial charge on any atom is -0.452 e. The van der Waals surface area contributed by atoms with Crippen molar-refractivity contribution in [3.8, 4) is 0 Å². The molecule has 9 atom stereocenters. The molecule has 23 nitrogen and oxygen atoms in total. The lowest BCUT2D eigenvalue weighted by Gasteiger charge is -2.35. The Balaban J connectivity index is 0.000000290. The first-order valence-electron chi connectivity index (χ1n) is 50.4. The maximum atomic E-state index is 13.9. The number of nitrogens with zero attached hydrogens (tertiary/aromatic N) is 2. The summed E-state index contributed by atoms with van der Waals surface area (Å²) in [5.74, 6) is -2.98. The van der Waals surface area contributed by atoms with E-state index in [1.54, 1.807) is 9.80 Å². The van der Waals surface area contributed by atoms with E-state index in [1.165, 1.54) is 44.9 Å². The van der Waals surface area contributed by atoms with Crippen molar-refractivity contribution in [2.75, 3.05) is 79.0 Å². The molecule has 3 saturated carbocycles. The number of carbonyl (C=O) groups excluding carboxylic acids is 10. The van der Waals surface area contributed by atoms with Gasteiger partial charge in [0.15, 0.2) is 29.2 Å². The van der Waals surface area contributed by atoms with E-state index in [0.29, 0.717) is 116 Å². The molecule has 0 bridgehead atoms. The van der Waals surface area contributed by atoms with Crippen molar-refractivity contribution >= 4 is 59.1 Å². The Morgan fingerprint density at radius 3 is 1.19 bits per heavy atom. The highest BCUT2D eigenvalue weighted by Gasteiger charge is 2.41. The smallest absolute Gasteiger partial charge is 0.318 e. The zero-order chi connectivity index (χ0) is 98.5. The quantitative estimate of drug-likeness (QED) is 0.0181. The van der Waals surface area contributed by atoms with Gasteiger partial charge in [-0.15, -0.1) is 0 Å². The van der Waals surface area contributed by atoms with Crippen LogP contribution in [0.25, 0.3) is 0 Å². The van der Waals surface area contributed by atoms with Crippen molar-refractivity contribution < 1.29 is 86.2 Å². The van der Waals surface area contributed by atoms with E-state index in [9.17, 15) is 53.1 Å². The number of ether oxygens (including phenoxy) is 7. The number of benzene rings is 4. The maximum absolute atomic E-state index is 13.9. The summed E-state index contributed by atoms with van der Waals surface area (Å²) in [6, 6.07) is 37.3. The number of aldehydes is 1. The number of aliphatic hydroxyl groups is 1. The lowest BCUT2D eigenvalue weighted by atomic mass is 9.72. The number of carbonyl (C=O) groups is 10. The van der Waals surface area contributed by atoms with Crippen LogP contribution in [0.5, 0.6) is 0 Å². The van der Waals surface area contributed by atoms with Gasteiger partial charge >= 0.3 is 18.0 Å². The predicted octanol–water partition coefficient (Wildman–Crippen LogP) is 20.8. The zero-order valence-electron chi connectivity index (χ0n) is 85.3. The number of aliphatic hydroxyl groups excluding tert-OH is 1. The normalized spacial score (nSPS) is 17.8. The van der Waals surface area contributed by atoms with Crippen LogP contribution in [0.1, 0.15) is 307 Å². The molecule has 4 aromatic carbocycles. The summed E-state index contributed by atoms with van der Waals surface area (Å²) in [6.07, 6.45) is 20.4. The van der Waals surface area contributed by atoms with Gasteiger partial charge in [-0.3, -0.25) is 33.6 Å². The van der Waals surface area contributed by atoms with Gasteiger partial charge < -0.3 is 68.8 Å². The van der Waals surface area contributed by atoms with Crippen LogP contribution in [0.15, 0.2) is 121 Å². The van der Waals surface area contributed by atoms with Crippen molar-refractivity contribution in [2.45, 2.75) is 341 Å². The van der Waals surface area contributed by atoms with Crippen molar-refractivity contribution in [2.24, 2.45) is 74.4 Å². The lowest BCUT2D eigenvalue weighted by Crippen LogP contribution is -2.52. The summed E-state index contributed by atoms with van der Waals surface area (Å²) in [7, 11) is 0. The van der Waals surface area contributed by atoms with Crippen molar-refractivity contribution in [1.82, 2.24) is 25.8 Å². The van der Waals surface area contributed by atoms with Crippen LogP contribution >= 0.6 is 0 Å². The Bertz CT molecular complexity index is 4070. The Morgan fingerprint density at radius 1 is 0.440 bits per heavy atom. The van der Waals surface area contributed by atoms with Gasteiger partial charge in [-0.25, -0.2) is 9.59 Å². The molecule has 0 aromatic heterocycles. The number of ketones is 5. The van der Waals surface area contributed by atoms with Crippen molar-refractivity contribution in [3.05, 3.63) is 144 Å². The average Bonchev–Trinajstić information content (AvgIpc) is 0.847. The summed E-state index contributed by atoms with van der Waals surface area (Å²) in [4.78, 5) is 135. The SMILES string of the molecule is CC(C)(C)CC(C)(C)CC(=O)C(=O)[C@H](COCc1ccccc1)CC(=O)[C@H](CC1CCCCC1)NC(=O)N1CCOCC1.CC(C)(C)CC(C)(C)CC(=O)C(O)[C@H](COCc1ccccc1)CC(=O)[C@H](CC1CCCCC1)NC(=O)N1CCOCC1.C[C@@H](CC1CCCCC1)C(=O)OC(C(=O)NC(C)(C)CC(C)(C)C)[C@@H](C)COCc1ccccc1.C[C@H](C=O)COCc1ccccc1. The number of rotatable bonds is 47. The molecule has 5 fully saturated rings. The molecule has 0 spiro atoms. The van der Waals surface area contributed by atoms with Crippen LogP contribution in [-0.4, -0.2) is 183 Å².